The number of hydrogen-bond acceptors (Lipinski definition) is 5. The van der Waals surface area contributed by atoms with Gasteiger partial charge in [0.2, 0.25) is 0 Å². The first-order valence-corrected chi connectivity index (χ1v) is 10.3. The van der Waals surface area contributed by atoms with E-state index in [0.717, 1.165) is 17.7 Å². The van der Waals surface area contributed by atoms with Crippen LogP contribution >= 0.6 is 0 Å². The number of rotatable bonds is 5. The first kappa shape index (κ1) is 20.9. The normalized spacial score (nSPS) is 17.5. The zero-order chi connectivity index (χ0) is 22.1. The van der Waals surface area contributed by atoms with Crippen LogP contribution in [0.4, 0.5) is 10.1 Å². The summed E-state index contributed by atoms with van der Waals surface area (Å²) in [7, 11) is 3.06. The van der Waals surface area contributed by atoms with Gasteiger partial charge in [-0.05, 0) is 60.7 Å². The molecule has 0 bridgehead atoms. The number of anilines is 1. The molecule has 0 N–H and O–H groups in total. The maximum Gasteiger partial charge on any atom is 0.282 e. The van der Waals surface area contributed by atoms with Gasteiger partial charge in [-0.15, -0.1) is 0 Å². The van der Waals surface area contributed by atoms with Crippen molar-refractivity contribution in [3.8, 4) is 11.5 Å². The number of likely N-dealkylation sites (tertiary alicyclic amines) is 1. The van der Waals surface area contributed by atoms with Crippen LogP contribution in [0.5, 0.6) is 11.5 Å². The average molecular weight is 424 g/mol. The lowest BCUT2D eigenvalue weighted by Crippen LogP contribution is -2.38. The highest BCUT2D eigenvalue weighted by Gasteiger charge is 2.43. The molecular weight excluding hydrogens is 399 g/mol. The summed E-state index contributed by atoms with van der Waals surface area (Å²) in [5.41, 5.74) is 1.63. The van der Waals surface area contributed by atoms with Crippen molar-refractivity contribution in [2.75, 3.05) is 32.2 Å². The molecule has 2 aliphatic heterocycles. The van der Waals surface area contributed by atoms with E-state index in [-0.39, 0.29) is 0 Å². The molecule has 6 nitrogen and oxygen atoms in total. The second kappa shape index (κ2) is 8.41. The molecule has 7 heteroatoms. The van der Waals surface area contributed by atoms with Crippen LogP contribution in [0.15, 0.2) is 48.2 Å². The van der Waals surface area contributed by atoms with E-state index in [0.29, 0.717) is 53.0 Å². The molecule has 0 aliphatic carbocycles. The molecule has 0 spiro atoms. The summed E-state index contributed by atoms with van der Waals surface area (Å²) >= 11 is 0. The largest absolute Gasteiger partial charge is 0.493 e. The predicted octanol–water partition coefficient (Wildman–Crippen LogP) is 3.86. The van der Waals surface area contributed by atoms with Crippen LogP contribution in [0.25, 0.3) is 5.57 Å². The van der Waals surface area contributed by atoms with Gasteiger partial charge in [-0.1, -0.05) is 13.0 Å². The van der Waals surface area contributed by atoms with Gasteiger partial charge in [0.05, 0.1) is 25.5 Å². The summed E-state index contributed by atoms with van der Waals surface area (Å²) in [6, 6.07) is 10.5. The smallest absolute Gasteiger partial charge is 0.282 e. The summed E-state index contributed by atoms with van der Waals surface area (Å²) in [6.07, 6.45) is 1.89. The molecule has 1 saturated heterocycles. The van der Waals surface area contributed by atoms with Gasteiger partial charge in [0.1, 0.15) is 11.5 Å². The number of ether oxygens (including phenoxy) is 2. The lowest BCUT2D eigenvalue weighted by molar-refractivity contribution is -0.120. The van der Waals surface area contributed by atoms with E-state index in [9.17, 15) is 14.0 Å². The predicted molar refractivity (Wildman–Crippen MR) is 115 cm³/mol. The maximum atomic E-state index is 13.5. The van der Waals surface area contributed by atoms with Gasteiger partial charge < -0.3 is 14.4 Å². The first-order chi connectivity index (χ1) is 14.9. The molecule has 162 valence electrons. The molecule has 0 aromatic heterocycles. The summed E-state index contributed by atoms with van der Waals surface area (Å²) < 4.78 is 24.2. The summed E-state index contributed by atoms with van der Waals surface area (Å²) in [6.45, 7) is 3.58. The van der Waals surface area contributed by atoms with Crippen LogP contribution in [0.3, 0.4) is 0 Å². The second-order valence-electron chi connectivity index (χ2n) is 7.89. The number of carbonyl (C=O) groups excluding carboxylic acids is 2. The number of benzene rings is 2. The molecule has 31 heavy (non-hydrogen) atoms. The molecule has 2 amide bonds. The highest BCUT2D eigenvalue weighted by molar-refractivity contribution is 6.45. The van der Waals surface area contributed by atoms with Crippen LogP contribution in [-0.2, 0) is 9.59 Å². The van der Waals surface area contributed by atoms with Crippen LogP contribution in [0, 0.1) is 11.7 Å². The van der Waals surface area contributed by atoms with Gasteiger partial charge in [0.25, 0.3) is 11.8 Å². The van der Waals surface area contributed by atoms with Crippen molar-refractivity contribution < 1.29 is 23.5 Å². The Morgan fingerprint density at radius 1 is 0.903 bits per heavy atom. The third-order valence-corrected chi connectivity index (χ3v) is 5.92. The Bertz CT molecular complexity index is 1040. The number of methoxy groups -OCH3 is 2. The quantitative estimate of drug-likeness (QED) is 0.683. The Morgan fingerprint density at radius 3 is 2.16 bits per heavy atom. The summed E-state index contributed by atoms with van der Waals surface area (Å²) in [5.74, 6) is 0.323. The topological polar surface area (TPSA) is 59.1 Å². The average Bonchev–Trinajstić information content (AvgIpc) is 3.04. The third kappa shape index (κ3) is 3.76. The molecule has 2 aromatic carbocycles. The zero-order valence-corrected chi connectivity index (χ0v) is 17.9. The molecule has 2 aromatic rings. The lowest BCUT2D eigenvalue weighted by atomic mass is 9.97. The monoisotopic (exact) mass is 424 g/mol. The van der Waals surface area contributed by atoms with Crippen molar-refractivity contribution in [2.45, 2.75) is 19.8 Å². The molecule has 0 saturated carbocycles. The number of halogens is 1. The molecule has 2 heterocycles. The minimum Gasteiger partial charge on any atom is -0.493 e. The van der Waals surface area contributed by atoms with Crippen molar-refractivity contribution in [3.05, 3.63) is 59.5 Å². The first-order valence-electron chi connectivity index (χ1n) is 10.3. The van der Waals surface area contributed by atoms with Gasteiger partial charge in [-0.25, -0.2) is 9.29 Å². The third-order valence-electron chi connectivity index (χ3n) is 5.92. The Hall–Kier alpha value is -3.35. The molecule has 4 rings (SSSR count). The van der Waals surface area contributed by atoms with Crippen molar-refractivity contribution in [3.63, 3.8) is 0 Å². The Balaban J connectivity index is 1.83. The zero-order valence-electron chi connectivity index (χ0n) is 17.9. The molecular formula is C24H25FN2O4. The summed E-state index contributed by atoms with van der Waals surface area (Å²) in [4.78, 5) is 30.1. The number of hydrogen-bond donors (Lipinski definition) is 0. The van der Waals surface area contributed by atoms with Gasteiger partial charge in [0, 0.05) is 13.1 Å². The standard InChI is InChI=1S/C24H25FN2O4/c1-15-10-12-26(13-11-15)22-21(16-4-9-19(30-2)20(14-16)31-3)23(28)27(24(22)29)18-7-5-17(25)6-8-18/h4-9,14-15H,10-13H2,1-3H3. The van der Waals surface area contributed by atoms with E-state index in [1.165, 1.54) is 38.5 Å². The van der Waals surface area contributed by atoms with Crippen LogP contribution in [0.2, 0.25) is 0 Å². The van der Waals surface area contributed by atoms with E-state index in [1.54, 1.807) is 18.2 Å². The van der Waals surface area contributed by atoms with Crippen LogP contribution in [0.1, 0.15) is 25.3 Å². The van der Waals surface area contributed by atoms with Crippen molar-refractivity contribution >= 4 is 23.1 Å². The number of amides is 2. The van der Waals surface area contributed by atoms with E-state index >= 15 is 0 Å². The maximum absolute atomic E-state index is 13.5. The number of carbonyl (C=O) groups is 2. The van der Waals surface area contributed by atoms with Crippen molar-refractivity contribution in [2.24, 2.45) is 5.92 Å². The van der Waals surface area contributed by atoms with Crippen LogP contribution in [-0.4, -0.2) is 44.0 Å². The molecule has 2 aliphatic rings. The van der Waals surface area contributed by atoms with Crippen molar-refractivity contribution in [1.82, 2.24) is 4.90 Å². The molecule has 0 unspecified atom stereocenters. The van der Waals surface area contributed by atoms with E-state index in [4.69, 9.17) is 9.47 Å². The van der Waals surface area contributed by atoms with E-state index in [2.05, 4.69) is 6.92 Å². The Morgan fingerprint density at radius 2 is 1.55 bits per heavy atom. The SMILES string of the molecule is COc1ccc(C2=C(N3CCC(C)CC3)C(=O)N(c3ccc(F)cc3)C2=O)cc1OC. The highest BCUT2D eigenvalue weighted by atomic mass is 19.1. The van der Waals surface area contributed by atoms with Gasteiger partial charge in [-0.2, -0.15) is 0 Å². The Kier molecular flexibility index (Phi) is 5.67. The highest BCUT2D eigenvalue weighted by Crippen LogP contribution is 2.39. The fourth-order valence-corrected chi connectivity index (χ4v) is 4.12. The lowest BCUT2D eigenvalue weighted by Gasteiger charge is -2.32. The van der Waals surface area contributed by atoms with E-state index in [1.807, 2.05) is 4.90 Å². The van der Waals surface area contributed by atoms with Crippen LogP contribution < -0.4 is 14.4 Å². The van der Waals surface area contributed by atoms with Gasteiger partial charge >= 0.3 is 0 Å². The number of imide groups is 1. The second-order valence-corrected chi connectivity index (χ2v) is 7.89. The number of nitrogens with zero attached hydrogens (tertiary/aromatic N) is 2. The minimum absolute atomic E-state index is 0.324. The van der Waals surface area contributed by atoms with Gasteiger partial charge in [-0.3, -0.25) is 9.59 Å². The van der Waals surface area contributed by atoms with Gasteiger partial charge in [0.15, 0.2) is 11.5 Å². The van der Waals surface area contributed by atoms with Crippen molar-refractivity contribution in [1.29, 1.82) is 0 Å². The minimum atomic E-state index is -0.433. The molecule has 0 atom stereocenters. The fourth-order valence-electron chi connectivity index (χ4n) is 4.12. The number of piperidine rings is 1. The Labute approximate surface area is 180 Å². The summed E-state index contributed by atoms with van der Waals surface area (Å²) in [5, 5.41) is 0. The molecule has 0 radical (unpaired) electrons. The molecule has 1 fully saturated rings. The van der Waals surface area contributed by atoms with E-state index < -0.39 is 17.6 Å². The fraction of sp³-hybridized carbons (Fsp3) is 0.333.